The lowest BCUT2D eigenvalue weighted by atomic mass is 9.78. The maximum atomic E-state index is 13.7. The number of Topliss-reactive ketones (excluding diaryl/α,β-unsaturated/α-hetero) is 1. The fraction of sp³-hybridized carbons (Fsp3) is 0.222. The van der Waals surface area contributed by atoms with Crippen molar-refractivity contribution in [1.82, 2.24) is 4.98 Å². The van der Waals surface area contributed by atoms with Crippen molar-refractivity contribution < 1.29 is 9.59 Å². The summed E-state index contributed by atoms with van der Waals surface area (Å²) in [6.45, 7) is 3.61. The van der Waals surface area contributed by atoms with E-state index in [1.165, 1.54) is 5.56 Å². The van der Waals surface area contributed by atoms with Crippen molar-refractivity contribution in [2.45, 2.75) is 38.6 Å². The number of allylic oxidation sites excluding steroid dienone is 1. The van der Waals surface area contributed by atoms with Crippen molar-refractivity contribution in [3.05, 3.63) is 101 Å². The lowest BCUT2D eigenvalue weighted by Crippen LogP contribution is -2.37. The second-order valence-corrected chi connectivity index (χ2v) is 8.55. The van der Waals surface area contributed by atoms with Gasteiger partial charge in [-0.25, -0.2) is 0 Å². The number of anilines is 2. The van der Waals surface area contributed by atoms with Gasteiger partial charge in [0.05, 0.1) is 17.4 Å². The standard InChI is InChI=1S/C27H25N3O2/c1-17-9-11-19(12-10-17)21-14-23-26(25(32)15-21)27(20-6-5-13-28-16-20)30(18(2)31)24-8-4-3-7-22(24)29-23/h3-13,16,21,27,29H,14-15H2,1-2H3/t21-,27-/m0/s1. The smallest absolute Gasteiger partial charge is 0.224 e. The molecule has 0 unspecified atom stereocenters. The van der Waals surface area contributed by atoms with E-state index < -0.39 is 6.04 Å². The Morgan fingerprint density at radius 2 is 1.78 bits per heavy atom. The summed E-state index contributed by atoms with van der Waals surface area (Å²) in [6, 6.07) is 19.4. The topological polar surface area (TPSA) is 62.3 Å². The Morgan fingerprint density at radius 3 is 2.50 bits per heavy atom. The largest absolute Gasteiger partial charge is 0.357 e. The summed E-state index contributed by atoms with van der Waals surface area (Å²) in [7, 11) is 0. The SMILES string of the molecule is CC(=O)N1c2ccccc2NC2=C(C(=O)C[C@@H](c3ccc(C)cc3)C2)[C@@H]1c1cccnc1. The Bertz CT molecular complexity index is 1220. The molecule has 3 aromatic rings. The van der Waals surface area contributed by atoms with Crippen molar-refractivity contribution in [2.75, 3.05) is 10.2 Å². The van der Waals surface area contributed by atoms with Crippen LogP contribution in [0.2, 0.25) is 0 Å². The fourth-order valence-corrected chi connectivity index (χ4v) is 4.87. The van der Waals surface area contributed by atoms with Gasteiger partial charge in [0.2, 0.25) is 5.91 Å². The number of nitrogens with one attached hydrogen (secondary N) is 1. The molecule has 2 aliphatic rings. The summed E-state index contributed by atoms with van der Waals surface area (Å²) < 4.78 is 0. The van der Waals surface area contributed by atoms with E-state index in [-0.39, 0.29) is 17.6 Å². The monoisotopic (exact) mass is 423 g/mol. The maximum absolute atomic E-state index is 13.7. The highest BCUT2D eigenvalue weighted by Crippen LogP contribution is 2.47. The van der Waals surface area contributed by atoms with Crippen LogP contribution in [0, 0.1) is 6.92 Å². The van der Waals surface area contributed by atoms with Crippen LogP contribution in [0.4, 0.5) is 11.4 Å². The molecule has 32 heavy (non-hydrogen) atoms. The normalized spacial score (nSPS) is 20.2. The average molecular weight is 424 g/mol. The van der Waals surface area contributed by atoms with Crippen LogP contribution >= 0.6 is 0 Å². The molecular weight excluding hydrogens is 398 g/mol. The number of ketones is 1. The van der Waals surface area contributed by atoms with Crippen molar-refractivity contribution in [3.63, 3.8) is 0 Å². The zero-order valence-electron chi connectivity index (χ0n) is 18.2. The van der Waals surface area contributed by atoms with E-state index >= 15 is 0 Å². The molecule has 0 bridgehead atoms. The second kappa shape index (κ2) is 8.08. The van der Waals surface area contributed by atoms with E-state index in [2.05, 4.69) is 41.5 Å². The summed E-state index contributed by atoms with van der Waals surface area (Å²) in [5.41, 5.74) is 6.34. The highest BCUT2D eigenvalue weighted by molar-refractivity contribution is 6.05. The van der Waals surface area contributed by atoms with Gasteiger partial charge in [-0.2, -0.15) is 0 Å². The van der Waals surface area contributed by atoms with E-state index in [4.69, 9.17) is 0 Å². The van der Waals surface area contributed by atoms with Crippen LogP contribution in [0.25, 0.3) is 0 Å². The quantitative estimate of drug-likeness (QED) is 0.607. The lowest BCUT2D eigenvalue weighted by molar-refractivity contribution is -0.117. The molecule has 0 radical (unpaired) electrons. The molecule has 0 fully saturated rings. The molecule has 5 rings (SSSR count). The van der Waals surface area contributed by atoms with E-state index in [1.807, 2.05) is 36.4 Å². The Kier molecular flexibility index (Phi) is 5.10. The number of benzene rings is 2. The third-order valence-electron chi connectivity index (χ3n) is 6.38. The number of nitrogens with zero attached hydrogens (tertiary/aromatic N) is 2. The summed E-state index contributed by atoms with van der Waals surface area (Å²) >= 11 is 0. The number of hydrogen-bond acceptors (Lipinski definition) is 4. The first kappa shape index (κ1) is 20.2. The molecule has 0 saturated heterocycles. The van der Waals surface area contributed by atoms with Gasteiger partial charge in [0.25, 0.3) is 0 Å². The molecule has 1 amide bonds. The number of hydrogen-bond donors (Lipinski definition) is 1. The number of aryl methyl sites for hydroxylation is 1. The fourth-order valence-electron chi connectivity index (χ4n) is 4.87. The van der Waals surface area contributed by atoms with Gasteiger partial charge in [-0.1, -0.05) is 48.0 Å². The zero-order chi connectivity index (χ0) is 22.2. The third kappa shape index (κ3) is 3.50. The van der Waals surface area contributed by atoms with Gasteiger partial charge in [0.15, 0.2) is 5.78 Å². The van der Waals surface area contributed by atoms with Gasteiger partial charge in [-0.05, 0) is 48.6 Å². The van der Waals surface area contributed by atoms with E-state index in [9.17, 15) is 9.59 Å². The first-order chi connectivity index (χ1) is 15.5. The number of rotatable bonds is 2. The maximum Gasteiger partial charge on any atom is 0.224 e. The molecule has 0 spiro atoms. The molecule has 1 N–H and O–H groups in total. The van der Waals surface area contributed by atoms with Crippen molar-refractivity contribution in [2.24, 2.45) is 0 Å². The molecule has 2 aromatic carbocycles. The van der Waals surface area contributed by atoms with Crippen LogP contribution in [0.1, 0.15) is 48.4 Å². The summed E-state index contributed by atoms with van der Waals surface area (Å²) in [6.07, 6.45) is 4.58. The minimum atomic E-state index is -0.515. The first-order valence-electron chi connectivity index (χ1n) is 10.9. The van der Waals surface area contributed by atoms with Crippen LogP contribution in [0.5, 0.6) is 0 Å². The van der Waals surface area contributed by atoms with Crippen LogP contribution < -0.4 is 10.2 Å². The van der Waals surface area contributed by atoms with Crippen LogP contribution in [0.3, 0.4) is 0 Å². The number of pyridine rings is 1. The van der Waals surface area contributed by atoms with Gasteiger partial charge in [-0.3, -0.25) is 19.5 Å². The molecule has 160 valence electrons. The Labute approximate surface area is 187 Å². The molecule has 5 heteroatoms. The second-order valence-electron chi connectivity index (χ2n) is 8.55. The van der Waals surface area contributed by atoms with E-state index in [0.717, 1.165) is 28.2 Å². The van der Waals surface area contributed by atoms with Crippen molar-refractivity contribution in [3.8, 4) is 0 Å². The molecule has 5 nitrogen and oxygen atoms in total. The summed E-state index contributed by atoms with van der Waals surface area (Å²) in [5, 5.41) is 3.53. The van der Waals surface area contributed by atoms with Gasteiger partial charge < -0.3 is 5.32 Å². The molecule has 1 aliphatic carbocycles. The molecular formula is C27H25N3O2. The average Bonchev–Trinajstić information content (AvgIpc) is 2.94. The number of amides is 1. The minimum Gasteiger partial charge on any atom is -0.357 e. The number of aromatic nitrogens is 1. The van der Waals surface area contributed by atoms with Crippen LogP contribution in [-0.4, -0.2) is 16.7 Å². The van der Waals surface area contributed by atoms with Crippen molar-refractivity contribution >= 4 is 23.1 Å². The number of fused-ring (bicyclic) bond motifs is 1. The van der Waals surface area contributed by atoms with Crippen LogP contribution in [0.15, 0.2) is 84.3 Å². The minimum absolute atomic E-state index is 0.0669. The highest BCUT2D eigenvalue weighted by Gasteiger charge is 2.40. The van der Waals surface area contributed by atoms with Gasteiger partial charge in [0.1, 0.15) is 0 Å². The zero-order valence-corrected chi connectivity index (χ0v) is 18.2. The Balaban J connectivity index is 1.68. The lowest BCUT2D eigenvalue weighted by Gasteiger charge is -2.34. The van der Waals surface area contributed by atoms with Gasteiger partial charge in [-0.15, -0.1) is 0 Å². The highest BCUT2D eigenvalue weighted by atomic mass is 16.2. The Morgan fingerprint density at radius 1 is 1.00 bits per heavy atom. The molecule has 2 heterocycles. The molecule has 2 atom stereocenters. The van der Waals surface area contributed by atoms with Crippen molar-refractivity contribution in [1.29, 1.82) is 0 Å². The predicted molar refractivity (Wildman–Crippen MR) is 125 cm³/mol. The van der Waals surface area contributed by atoms with E-state index in [1.54, 1.807) is 24.2 Å². The third-order valence-corrected chi connectivity index (χ3v) is 6.38. The predicted octanol–water partition coefficient (Wildman–Crippen LogP) is 5.31. The first-order valence-corrected chi connectivity index (χ1v) is 10.9. The summed E-state index contributed by atoms with van der Waals surface area (Å²) in [4.78, 5) is 32.6. The number of carbonyl (C=O) groups excluding carboxylic acids is 2. The van der Waals surface area contributed by atoms with Gasteiger partial charge in [0, 0.05) is 37.0 Å². The summed E-state index contributed by atoms with van der Waals surface area (Å²) in [5.74, 6) is 0.0486. The molecule has 0 saturated carbocycles. The van der Waals surface area contributed by atoms with Crippen LogP contribution in [-0.2, 0) is 9.59 Å². The molecule has 1 aromatic heterocycles. The van der Waals surface area contributed by atoms with Gasteiger partial charge >= 0.3 is 0 Å². The molecule has 1 aliphatic heterocycles. The Hall–Kier alpha value is -3.73. The number of para-hydroxylation sites is 2. The van der Waals surface area contributed by atoms with E-state index in [0.29, 0.717) is 18.4 Å². The number of carbonyl (C=O) groups is 2.